The van der Waals surface area contributed by atoms with Crippen molar-refractivity contribution in [3.05, 3.63) is 46.7 Å². The lowest BCUT2D eigenvalue weighted by Crippen LogP contribution is -2.14. The van der Waals surface area contributed by atoms with Gasteiger partial charge in [-0.2, -0.15) is 5.10 Å². The molecule has 2 aromatic rings. The van der Waals surface area contributed by atoms with Crippen LogP contribution in [0.4, 0.5) is 5.69 Å². The molecular formula is C14H14BrN3O. The van der Waals surface area contributed by atoms with E-state index in [1.54, 1.807) is 17.1 Å². The average molecular weight is 320 g/mol. The Morgan fingerprint density at radius 3 is 2.79 bits per heavy atom. The van der Waals surface area contributed by atoms with Crippen LogP contribution in [0, 0.1) is 5.92 Å². The van der Waals surface area contributed by atoms with Crippen LogP contribution in [0.3, 0.4) is 0 Å². The Morgan fingerprint density at radius 2 is 2.16 bits per heavy atom. The molecule has 1 N–H and O–H groups in total. The Morgan fingerprint density at radius 1 is 1.42 bits per heavy atom. The molecule has 0 spiro atoms. The molecule has 0 radical (unpaired) electrons. The first kappa shape index (κ1) is 12.4. The number of carbonyl (C=O) groups excluding carboxylic acids is 1. The first-order valence-corrected chi connectivity index (χ1v) is 6.98. The molecule has 1 aliphatic rings. The van der Waals surface area contributed by atoms with Gasteiger partial charge in [0.05, 0.1) is 11.9 Å². The summed E-state index contributed by atoms with van der Waals surface area (Å²) in [5.41, 5.74) is 1.99. The number of nitrogens with zero attached hydrogens (tertiary/aromatic N) is 2. The Hall–Kier alpha value is -1.62. The number of rotatable bonds is 3. The smallest absolute Gasteiger partial charge is 0.228 e. The van der Waals surface area contributed by atoms with Crippen LogP contribution in [0.25, 0.3) is 0 Å². The molecule has 4 nitrogen and oxygen atoms in total. The van der Waals surface area contributed by atoms with Gasteiger partial charge in [0.2, 0.25) is 5.91 Å². The van der Waals surface area contributed by atoms with Crippen molar-refractivity contribution in [3.63, 3.8) is 0 Å². The molecule has 0 bridgehead atoms. The van der Waals surface area contributed by atoms with Gasteiger partial charge >= 0.3 is 0 Å². The van der Waals surface area contributed by atoms with Crippen molar-refractivity contribution in [2.75, 3.05) is 5.32 Å². The van der Waals surface area contributed by atoms with Crippen LogP contribution < -0.4 is 5.32 Å². The lowest BCUT2D eigenvalue weighted by Gasteiger charge is -2.02. The summed E-state index contributed by atoms with van der Waals surface area (Å²) >= 11 is 3.42. The largest absolute Gasteiger partial charge is 0.323 e. The van der Waals surface area contributed by atoms with Crippen molar-refractivity contribution in [1.29, 1.82) is 0 Å². The van der Waals surface area contributed by atoms with Gasteiger partial charge in [0.1, 0.15) is 0 Å². The van der Waals surface area contributed by atoms with Crippen molar-refractivity contribution in [2.45, 2.75) is 12.3 Å². The van der Waals surface area contributed by atoms with Crippen LogP contribution in [-0.2, 0) is 11.8 Å². The maximum atomic E-state index is 12.1. The second kappa shape index (κ2) is 4.81. The maximum absolute atomic E-state index is 12.1. The molecule has 1 aromatic heterocycles. The lowest BCUT2D eigenvalue weighted by atomic mass is 10.1. The fourth-order valence-corrected chi connectivity index (χ4v) is 2.55. The van der Waals surface area contributed by atoms with Crippen LogP contribution in [0.2, 0.25) is 0 Å². The number of hydrogen-bond acceptors (Lipinski definition) is 2. The van der Waals surface area contributed by atoms with Crippen molar-refractivity contribution in [1.82, 2.24) is 9.78 Å². The molecule has 2 unspecified atom stereocenters. The molecule has 0 aliphatic heterocycles. The highest BCUT2D eigenvalue weighted by Crippen LogP contribution is 2.48. The van der Waals surface area contributed by atoms with Crippen LogP contribution in [0.5, 0.6) is 0 Å². The zero-order valence-corrected chi connectivity index (χ0v) is 12.1. The fraction of sp³-hybridized carbons (Fsp3) is 0.286. The lowest BCUT2D eigenvalue weighted by molar-refractivity contribution is -0.117. The number of anilines is 1. The normalized spacial score (nSPS) is 21.2. The van der Waals surface area contributed by atoms with E-state index in [1.165, 1.54) is 5.56 Å². The third kappa shape index (κ3) is 2.71. The molecule has 1 aliphatic carbocycles. The van der Waals surface area contributed by atoms with Gasteiger partial charge in [0, 0.05) is 23.6 Å². The number of carbonyl (C=O) groups is 1. The third-order valence-electron chi connectivity index (χ3n) is 3.40. The van der Waals surface area contributed by atoms with E-state index in [2.05, 4.69) is 38.5 Å². The van der Waals surface area contributed by atoms with Gasteiger partial charge in [-0.3, -0.25) is 9.48 Å². The van der Waals surface area contributed by atoms with E-state index in [0.29, 0.717) is 5.92 Å². The molecule has 3 rings (SSSR count). The summed E-state index contributed by atoms with van der Waals surface area (Å²) in [7, 11) is 1.83. The summed E-state index contributed by atoms with van der Waals surface area (Å²) < 4.78 is 2.74. The van der Waals surface area contributed by atoms with E-state index in [1.807, 2.05) is 19.2 Å². The summed E-state index contributed by atoms with van der Waals surface area (Å²) in [6.07, 6.45) is 4.39. The number of aromatic nitrogens is 2. The Kier molecular flexibility index (Phi) is 3.14. The van der Waals surface area contributed by atoms with E-state index < -0.39 is 0 Å². The number of benzene rings is 1. The van der Waals surface area contributed by atoms with E-state index in [9.17, 15) is 4.79 Å². The van der Waals surface area contributed by atoms with Crippen LogP contribution in [0.15, 0.2) is 41.1 Å². The van der Waals surface area contributed by atoms with Crippen molar-refractivity contribution >= 4 is 27.5 Å². The maximum Gasteiger partial charge on any atom is 0.228 e. The quantitative estimate of drug-likeness (QED) is 0.945. The molecule has 1 amide bonds. The molecule has 0 saturated heterocycles. The molecule has 19 heavy (non-hydrogen) atoms. The third-order valence-corrected chi connectivity index (χ3v) is 3.93. The molecule has 1 aromatic carbocycles. The fourth-order valence-electron chi connectivity index (χ4n) is 2.28. The second-order valence-corrected chi connectivity index (χ2v) is 5.81. The van der Waals surface area contributed by atoms with Gasteiger partial charge in [0.15, 0.2) is 0 Å². The van der Waals surface area contributed by atoms with Gasteiger partial charge in [-0.1, -0.05) is 28.1 Å². The first-order chi connectivity index (χ1) is 9.13. The molecule has 2 atom stereocenters. The minimum absolute atomic E-state index is 0.0842. The Labute approximate surface area is 119 Å². The van der Waals surface area contributed by atoms with Crippen molar-refractivity contribution in [2.24, 2.45) is 13.0 Å². The summed E-state index contributed by atoms with van der Waals surface area (Å²) in [6, 6.07) is 8.19. The Balaban J connectivity index is 1.63. The van der Waals surface area contributed by atoms with Gasteiger partial charge in [-0.25, -0.2) is 0 Å². The topological polar surface area (TPSA) is 46.9 Å². The van der Waals surface area contributed by atoms with E-state index in [4.69, 9.17) is 0 Å². The molecule has 5 heteroatoms. The van der Waals surface area contributed by atoms with Gasteiger partial charge in [-0.05, 0) is 30.0 Å². The Bertz CT molecular complexity index is 605. The highest BCUT2D eigenvalue weighted by Gasteiger charge is 2.43. The molecule has 1 saturated carbocycles. The highest BCUT2D eigenvalue weighted by atomic mass is 79.9. The van der Waals surface area contributed by atoms with Gasteiger partial charge in [0.25, 0.3) is 0 Å². The van der Waals surface area contributed by atoms with E-state index in [0.717, 1.165) is 16.6 Å². The van der Waals surface area contributed by atoms with Gasteiger partial charge in [-0.15, -0.1) is 0 Å². The summed E-state index contributed by atoms with van der Waals surface area (Å²) in [6.45, 7) is 0. The highest BCUT2D eigenvalue weighted by molar-refractivity contribution is 9.10. The van der Waals surface area contributed by atoms with Gasteiger partial charge < -0.3 is 5.32 Å². The molecule has 1 heterocycles. The molecule has 1 fully saturated rings. The molecule has 98 valence electrons. The average Bonchev–Trinajstić information content (AvgIpc) is 3.08. The van der Waals surface area contributed by atoms with Crippen molar-refractivity contribution < 1.29 is 4.79 Å². The van der Waals surface area contributed by atoms with Crippen LogP contribution in [-0.4, -0.2) is 15.7 Å². The summed E-state index contributed by atoms with van der Waals surface area (Å²) in [5, 5.41) is 6.94. The van der Waals surface area contributed by atoms with Crippen LogP contribution in [0.1, 0.15) is 17.9 Å². The summed E-state index contributed by atoms with van der Waals surface area (Å²) in [5.74, 6) is 0.520. The SMILES string of the molecule is Cn1cc(NC(=O)C2CC2c2ccc(Br)cc2)cn1. The second-order valence-electron chi connectivity index (χ2n) is 4.89. The number of halogens is 1. The first-order valence-electron chi connectivity index (χ1n) is 6.18. The monoisotopic (exact) mass is 319 g/mol. The van der Waals surface area contributed by atoms with E-state index in [-0.39, 0.29) is 11.8 Å². The van der Waals surface area contributed by atoms with Crippen molar-refractivity contribution in [3.8, 4) is 0 Å². The van der Waals surface area contributed by atoms with E-state index >= 15 is 0 Å². The summed E-state index contributed by atoms with van der Waals surface area (Å²) in [4.78, 5) is 12.1. The minimum atomic E-state index is 0.0842. The zero-order valence-electron chi connectivity index (χ0n) is 10.5. The minimum Gasteiger partial charge on any atom is -0.323 e. The number of hydrogen-bond donors (Lipinski definition) is 1. The predicted octanol–water partition coefficient (Wildman–Crippen LogP) is 2.92. The number of amides is 1. The predicted molar refractivity (Wildman–Crippen MR) is 76.8 cm³/mol. The van der Waals surface area contributed by atoms with Crippen LogP contribution >= 0.6 is 15.9 Å². The zero-order chi connectivity index (χ0) is 13.4. The number of aryl methyl sites for hydroxylation is 1. The standard InChI is InChI=1S/C14H14BrN3O/c1-18-8-11(7-16-18)17-14(19)13-6-12(13)9-2-4-10(15)5-3-9/h2-5,7-8,12-13H,6H2,1H3,(H,17,19). The molecular weight excluding hydrogens is 306 g/mol. The number of nitrogens with one attached hydrogen (secondary N) is 1.